The fourth-order valence-electron chi connectivity index (χ4n) is 3.20. The predicted molar refractivity (Wildman–Crippen MR) is 80.6 cm³/mol. The lowest BCUT2D eigenvalue weighted by Crippen LogP contribution is -2.46. The van der Waals surface area contributed by atoms with E-state index >= 15 is 0 Å². The van der Waals surface area contributed by atoms with Crippen molar-refractivity contribution >= 4 is 5.97 Å². The van der Waals surface area contributed by atoms with E-state index in [4.69, 9.17) is 9.47 Å². The van der Waals surface area contributed by atoms with E-state index in [2.05, 4.69) is 26.1 Å². The molecule has 0 amide bonds. The Morgan fingerprint density at radius 3 is 2.25 bits per heavy atom. The summed E-state index contributed by atoms with van der Waals surface area (Å²) in [7, 11) is 3.14. The van der Waals surface area contributed by atoms with Crippen LogP contribution in [0, 0.1) is 17.3 Å². The Bertz CT molecular complexity index is 291. The molecule has 0 spiro atoms. The van der Waals surface area contributed by atoms with Crippen LogP contribution in [0.5, 0.6) is 0 Å². The van der Waals surface area contributed by atoms with Gasteiger partial charge in [-0.3, -0.25) is 4.79 Å². The molecule has 0 aromatic carbocycles. The second-order valence-corrected chi connectivity index (χ2v) is 6.93. The first-order chi connectivity index (χ1) is 9.40. The minimum Gasteiger partial charge on any atom is -0.468 e. The van der Waals surface area contributed by atoms with Gasteiger partial charge >= 0.3 is 5.97 Å². The zero-order valence-corrected chi connectivity index (χ0v) is 13.7. The van der Waals surface area contributed by atoms with Crippen molar-refractivity contribution in [3.63, 3.8) is 0 Å². The van der Waals surface area contributed by atoms with Gasteiger partial charge in [0.05, 0.1) is 13.7 Å². The van der Waals surface area contributed by atoms with E-state index in [1.807, 2.05) is 0 Å². The number of methoxy groups -OCH3 is 2. The van der Waals surface area contributed by atoms with Gasteiger partial charge in [-0.25, -0.2) is 0 Å². The average Bonchev–Trinajstić information content (AvgIpc) is 2.42. The molecule has 20 heavy (non-hydrogen) atoms. The van der Waals surface area contributed by atoms with Gasteiger partial charge in [0.15, 0.2) is 0 Å². The summed E-state index contributed by atoms with van der Waals surface area (Å²) in [5.74, 6) is 1.01. The maximum atomic E-state index is 12.0. The van der Waals surface area contributed by atoms with Crippen LogP contribution in [0.4, 0.5) is 0 Å². The summed E-state index contributed by atoms with van der Waals surface area (Å²) < 4.78 is 9.99. The van der Waals surface area contributed by atoms with Gasteiger partial charge in [-0.1, -0.05) is 20.8 Å². The number of rotatable bonds is 6. The molecule has 0 aromatic rings. The zero-order valence-electron chi connectivity index (χ0n) is 13.7. The summed E-state index contributed by atoms with van der Waals surface area (Å²) in [5.41, 5.74) is 0.370. The van der Waals surface area contributed by atoms with E-state index < -0.39 is 0 Å². The van der Waals surface area contributed by atoms with Crippen LogP contribution in [0.25, 0.3) is 0 Å². The molecule has 0 radical (unpaired) electrons. The predicted octanol–water partition coefficient (Wildman–Crippen LogP) is 2.62. The number of esters is 1. The SMILES string of the molecule is COCCNC(C(=O)OC)C1CCC(C(C)(C)C)CC1. The first kappa shape index (κ1) is 17.4. The summed E-state index contributed by atoms with van der Waals surface area (Å²) in [6, 6.07) is -0.184. The highest BCUT2D eigenvalue weighted by molar-refractivity contribution is 5.76. The Labute approximate surface area is 123 Å². The van der Waals surface area contributed by atoms with Gasteiger partial charge in [-0.05, 0) is 42.9 Å². The first-order valence-electron chi connectivity index (χ1n) is 7.70. The number of nitrogens with one attached hydrogen (secondary N) is 1. The van der Waals surface area contributed by atoms with Crippen LogP contribution >= 0.6 is 0 Å². The van der Waals surface area contributed by atoms with Gasteiger partial charge in [-0.15, -0.1) is 0 Å². The lowest BCUT2D eigenvalue weighted by Gasteiger charge is -2.39. The van der Waals surface area contributed by atoms with Crippen molar-refractivity contribution in [3.8, 4) is 0 Å². The second kappa shape index (κ2) is 7.99. The zero-order chi connectivity index (χ0) is 15.2. The van der Waals surface area contributed by atoms with Crippen LogP contribution in [0.3, 0.4) is 0 Å². The number of carbonyl (C=O) groups is 1. The van der Waals surface area contributed by atoms with Crippen LogP contribution in [-0.2, 0) is 14.3 Å². The lowest BCUT2D eigenvalue weighted by molar-refractivity contribution is -0.145. The molecule has 0 aromatic heterocycles. The number of carbonyl (C=O) groups excluding carboxylic acids is 1. The van der Waals surface area contributed by atoms with Gasteiger partial charge in [0, 0.05) is 13.7 Å². The van der Waals surface area contributed by atoms with Crippen molar-refractivity contribution in [2.75, 3.05) is 27.4 Å². The van der Waals surface area contributed by atoms with Crippen molar-refractivity contribution in [1.82, 2.24) is 5.32 Å². The Balaban J connectivity index is 2.54. The second-order valence-electron chi connectivity index (χ2n) is 6.93. The fraction of sp³-hybridized carbons (Fsp3) is 0.938. The molecule has 1 aliphatic rings. The molecule has 0 bridgehead atoms. The van der Waals surface area contributed by atoms with Crippen LogP contribution in [0.1, 0.15) is 46.5 Å². The molecule has 1 N–H and O–H groups in total. The Kier molecular flexibility index (Phi) is 6.96. The molecule has 4 heteroatoms. The molecule has 0 aliphatic heterocycles. The third-order valence-corrected chi connectivity index (χ3v) is 4.59. The maximum absolute atomic E-state index is 12.0. The van der Waals surface area contributed by atoms with Crippen LogP contribution in [-0.4, -0.2) is 39.4 Å². The van der Waals surface area contributed by atoms with E-state index in [-0.39, 0.29) is 12.0 Å². The van der Waals surface area contributed by atoms with E-state index in [1.165, 1.54) is 20.0 Å². The van der Waals surface area contributed by atoms with E-state index in [0.717, 1.165) is 18.8 Å². The molecule has 1 saturated carbocycles. The van der Waals surface area contributed by atoms with Crippen molar-refractivity contribution in [2.24, 2.45) is 17.3 Å². The first-order valence-corrected chi connectivity index (χ1v) is 7.70. The highest BCUT2D eigenvalue weighted by Gasteiger charge is 2.35. The monoisotopic (exact) mass is 285 g/mol. The highest BCUT2D eigenvalue weighted by Crippen LogP contribution is 2.40. The van der Waals surface area contributed by atoms with Crippen LogP contribution in [0.2, 0.25) is 0 Å². The molecule has 0 saturated heterocycles. The maximum Gasteiger partial charge on any atom is 0.323 e. The summed E-state index contributed by atoms with van der Waals surface area (Å²) in [6.07, 6.45) is 4.60. The van der Waals surface area contributed by atoms with Crippen LogP contribution < -0.4 is 5.32 Å². The minimum atomic E-state index is -0.184. The van der Waals surface area contributed by atoms with Gasteiger partial charge in [0.1, 0.15) is 6.04 Å². The largest absolute Gasteiger partial charge is 0.468 e. The smallest absolute Gasteiger partial charge is 0.323 e. The summed E-state index contributed by atoms with van der Waals surface area (Å²) in [6.45, 7) is 8.24. The Morgan fingerprint density at radius 1 is 1.20 bits per heavy atom. The molecule has 1 atom stereocenters. The molecule has 1 rings (SSSR count). The molecular formula is C16H31NO3. The van der Waals surface area contributed by atoms with Gasteiger partial charge in [-0.2, -0.15) is 0 Å². The van der Waals surface area contributed by atoms with Gasteiger partial charge < -0.3 is 14.8 Å². The van der Waals surface area contributed by atoms with Crippen molar-refractivity contribution in [1.29, 1.82) is 0 Å². The third-order valence-electron chi connectivity index (χ3n) is 4.59. The van der Waals surface area contributed by atoms with Crippen LogP contribution in [0.15, 0.2) is 0 Å². The van der Waals surface area contributed by atoms with E-state index in [0.29, 0.717) is 24.5 Å². The molecular weight excluding hydrogens is 254 g/mol. The fourth-order valence-corrected chi connectivity index (χ4v) is 3.20. The summed E-state index contributed by atoms with van der Waals surface area (Å²) >= 11 is 0. The number of hydrogen-bond acceptors (Lipinski definition) is 4. The topological polar surface area (TPSA) is 47.6 Å². The lowest BCUT2D eigenvalue weighted by atomic mass is 9.68. The Hall–Kier alpha value is -0.610. The normalized spacial score (nSPS) is 25.2. The molecule has 1 aliphatic carbocycles. The van der Waals surface area contributed by atoms with E-state index in [1.54, 1.807) is 7.11 Å². The van der Waals surface area contributed by atoms with E-state index in [9.17, 15) is 4.79 Å². The number of hydrogen-bond donors (Lipinski definition) is 1. The summed E-state index contributed by atoms with van der Waals surface area (Å²) in [5, 5.41) is 3.30. The average molecular weight is 285 g/mol. The highest BCUT2D eigenvalue weighted by atomic mass is 16.5. The molecule has 0 heterocycles. The summed E-state index contributed by atoms with van der Waals surface area (Å²) in [4.78, 5) is 12.0. The molecule has 1 fully saturated rings. The third kappa shape index (κ3) is 5.06. The minimum absolute atomic E-state index is 0.139. The molecule has 4 nitrogen and oxygen atoms in total. The molecule has 1 unspecified atom stereocenters. The van der Waals surface area contributed by atoms with Crippen molar-refractivity contribution in [2.45, 2.75) is 52.5 Å². The van der Waals surface area contributed by atoms with Gasteiger partial charge in [0.25, 0.3) is 0 Å². The number of ether oxygens (including phenoxy) is 2. The quantitative estimate of drug-likeness (QED) is 0.602. The Morgan fingerprint density at radius 2 is 1.80 bits per heavy atom. The van der Waals surface area contributed by atoms with Crippen molar-refractivity contribution < 1.29 is 14.3 Å². The molecule has 118 valence electrons. The standard InChI is InChI=1S/C16H31NO3/c1-16(2,3)13-8-6-12(7-9-13)14(15(18)20-5)17-10-11-19-4/h12-14,17H,6-11H2,1-5H3. The van der Waals surface area contributed by atoms with Crippen molar-refractivity contribution in [3.05, 3.63) is 0 Å². The van der Waals surface area contributed by atoms with Gasteiger partial charge in [0.2, 0.25) is 0 Å².